The van der Waals surface area contributed by atoms with Gasteiger partial charge in [0.05, 0.1) is 10.3 Å². The number of anilines is 1. The Balaban J connectivity index is 1.87. The maximum absolute atomic E-state index is 11.0. The molecule has 0 amide bonds. The molecule has 0 aliphatic carbocycles. The molecule has 5 nitrogen and oxygen atoms in total. The quantitative estimate of drug-likeness (QED) is 0.459. The van der Waals surface area contributed by atoms with E-state index < -0.39 is 10.6 Å². The molecular weight excluding hydrogens is 328 g/mol. The van der Waals surface area contributed by atoms with Crippen LogP contribution in [-0.2, 0) is 5.41 Å². The molecular formula is C21H20N2O3. The molecule has 2 aliphatic heterocycles. The van der Waals surface area contributed by atoms with Gasteiger partial charge in [-0.3, -0.25) is 10.1 Å². The maximum atomic E-state index is 11.0. The Kier molecular flexibility index (Phi) is 3.44. The van der Waals surface area contributed by atoms with E-state index in [0.717, 1.165) is 11.3 Å². The van der Waals surface area contributed by atoms with Crippen molar-refractivity contribution in [1.82, 2.24) is 0 Å². The first-order chi connectivity index (χ1) is 12.4. The van der Waals surface area contributed by atoms with Crippen LogP contribution in [0.15, 0.2) is 61.2 Å². The molecule has 26 heavy (non-hydrogen) atoms. The number of hydrogen-bond acceptors (Lipinski definition) is 4. The fourth-order valence-electron chi connectivity index (χ4n) is 4.07. The Labute approximate surface area is 152 Å². The number of nitro groups is 1. The minimum atomic E-state index is -0.714. The predicted octanol–water partition coefficient (Wildman–Crippen LogP) is 4.68. The van der Waals surface area contributed by atoms with Gasteiger partial charge in [-0.15, -0.1) is 6.58 Å². The van der Waals surface area contributed by atoms with E-state index in [1.807, 2.05) is 30.4 Å². The molecule has 0 saturated heterocycles. The van der Waals surface area contributed by atoms with Gasteiger partial charge in [-0.05, 0) is 43.7 Å². The molecule has 2 heterocycles. The molecule has 5 heteroatoms. The molecule has 0 radical (unpaired) electrons. The third-order valence-corrected chi connectivity index (χ3v) is 5.43. The molecule has 2 aromatic carbocycles. The van der Waals surface area contributed by atoms with Crippen LogP contribution in [0.2, 0.25) is 0 Å². The highest BCUT2D eigenvalue weighted by molar-refractivity contribution is 5.73. The summed E-state index contributed by atoms with van der Waals surface area (Å²) in [7, 11) is 0. The molecule has 2 aromatic rings. The van der Waals surface area contributed by atoms with Gasteiger partial charge in [0.25, 0.3) is 5.69 Å². The van der Waals surface area contributed by atoms with Gasteiger partial charge in [-0.25, -0.2) is 0 Å². The van der Waals surface area contributed by atoms with Gasteiger partial charge in [-0.2, -0.15) is 0 Å². The summed E-state index contributed by atoms with van der Waals surface area (Å²) in [5.74, 6) is 0.646. The van der Waals surface area contributed by atoms with Crippen molar-refractivity contribution in [3.8, 4) is 5.75 Å². The van der Waals surface area contributed by atoms with Crippen molar-refractivity contribution in [2.45, 2.75) is 25.0 Å². The van der Waals surface area contributed by atoms with Crippen molar-refractivity contribution >= 4 is 17.5 Å². The van der Waals surface area contributed by atoms with Crippen LogP contribution < -0.4 is 9.64 Å². The topological polar surface area (TPSA) is 55.6 Å². The van der Waals surface area contributed by atoms with Crippen molar-refractivity contribution < 1.29 is 9.66 Å². The molecule has 4 rings (SSSR count). The summed E-state index contributed by atoms with van der Waals surface area (Å²) in [6.07, 6.45) is 5.81. The second-order valence-electron chi connectivity index (χ2n) is 7.15. The fraction of sp³-hybridized carbons (Fsp3) is 0.238. The van der Waals surface area contributed by atoms with Crippen molar-refractivity contribution in [3.05, 3.63) is 82.4 Å². The van der Waals surface area contributed by atoms with E-state index in [4.69, 9.17) is 4.74 Å². The average Bonchev–Trinajstić information content (AvgIpc) is 2.81. The molecule has 1 unspecified atom stereocenters. The van der Waals surface area contributed by atoms with E-state index in [9.17, 15) is 10.1 Å². The van der Waals surface area contributed by atoms with E-state index in [0.29, 0.717) is 12.3 Å². The van der Waals surface area contributed by atoms with Crippen molar-refractivity contribution in [2.75, 3.05) is 11.4 Å². The van der Waals surface area contributed by atoms with Gasteiger partial charge in [-0.1, -0.05) is 24.3 Å². The third kappa shape index (κ3) is 2.03. The highest BCUT2D eigenvalue weighted by atomic mass is 16.6. The van der Waals surface area contributed by atoms with Crippen LogP contribution in [0.5, 0.6) is 5.75 Å². The maximum Gasteiger partial charge on any atom is 0.270 e. The number of fused-ring (bicyclic) bond motifs is 2. The van der Waals surface area contributed by atoms with Crippen molar-refractivity contribution in [2.24, 2.45) is 0 Å². The number of hydrogen-bond donors (Lipinski definition) is 0. The Morgan fingerprint density at radius 1 is 1.27 bits per heavy atom. The molecule has 0 bridgehead atoms. The van der Waals surface area contributed by atoms with E-state index in [1.54, 1.807) is 12.1 Å². The summed E-state index contributed by atoms with van der Waals surface area (Å²) >= 11 is 0. The van der Waals surface area contributed by atoms with Gasteiger partial charge in [0.1, 0.15) is 5.75 Å². The van der Waals surface area contributed by atoms with Gasteiger partial charge < -0.3 is 9.64 Å². The molecule has 0 aromatic heterocycles. The summed E-state index contributed by atoms with van der Waals surface area (Å²) in [5.41, 5.74) is 2.07. The third-order valence-electron chi connectivity index (χ3n) is 5.43. The van der Waals surface area contributed by atoms with Crippen LogP contribution in [0.1, 0.15) is 25.0 Å². The van der Waals surface area contributed by atoms with Gasteiger partial charge in [0.15, 0.2) is 0 Å². The standard InChI is InChI=1S/C21H20N2O3/c1-4-13-22-18-8-6-5-7-17(18)20(2,3)21(22)12-11-15-14-16(23(24)25)9-10-19(15)26-21/h4-12,14H,1,13H2,2-3H3. The molecule has 132 valence electrons. The lowest BCUT2D eigenvalue weighted by Crippen LogP contribution is -2.59. The number of benzene rings is 2. The monoisotopic (exact) mass is 348 g/mol. The zero-order valence-corrected chi connectivity index (χ0v) is 14.8. The minimum Gasteiger partial charge on any atom is -0.463 e. The zero-order valence-electron chi connectivity index (χ0n) is 14.8. The Morgan fingerprint density at radius 3 is 2.77 bits per heavy atom. The smallest absolute Gasteiger partial charge is 0.270 e. The van der Waals surface area contributed by atoms with E-state index in [-0.39, 0.29) is 11.1 Å². The second-order valence-corrected chi connectivity index (χ2v) is 7.15. The molecule has 0 fully saturated rings. The van der Waals surface area contributed by atoms with E-state index in [1.165, 1.54) is 11.6 Å². The molecule has 0 saturated carbocycles. The number of ether oxygens (including phenoxy) is 1. The number of rotatable bonds is 3. The SMILES string of the molecule is C=CCN1c2ccccc2C(C)(C)C12C=Cc1cc([N+](=O)[O-])ccc1O2. The summed E-state index contributed by atoms with van der Waals surface area (Å²) in [4.78, 5) is 12.9. The van der Waals surface area contributed by atoms with Crippen LogP contribution in [0.3, 0.4) is 0 Å². The van der Waals surface area contributed by atoms with Crippen LogP contribution in [0.4, 0.5) is 11.4 Å². The molecule has 1 atom stereocenters. The lowest BCUT2D eigenvalue weighted by atomic mass is 9.76. The van der Waals surface area contributed by atoms with Crippen LogP contribution in [-0.4, -0.2) is 17.2 Å². The van der Waals surface area contributed by atoms with E-state index >= 15 is 0 Å². The summed E-state index contributed by atoms with van der Waals surface area (Å²) in [6.45, 7) is 8.86. The van der Waals surface area contributed by atoms with Gasteiger partial charge >= 0.3 is 0 Å². The normalized spacial score (nSPS) is 21.8. The van der Waals surface area contributed by atoms with Crippen LogP contribution >= 0.6 is 0 Å². The first-order valence-corrected chi connectivity index (χ1v) is 8.55. The zero-order chi connectivity index (χ0) is 18.5. The second kappa shape index (κ2) is 5.46. The Hall–Kier alpha value is -3.08. The van der Waals surface area contributed by atoms with Crippen molar-refractivity contribution in [3.63, 3.8) is 0 Å². The molecule has 0 N–H and O–H groups in total. The molecule has 1 spiro atoms. The summed E-state index contributed by atoms with van der Waals surface area (Å²) < 4.78 is 6.55. The number of nitrogens with zero attached hydrogens (tertiary/aromatic N) is 2. The van der Waals surface area contributed by atoms with Crippen LogP contribution in [0, 0.1) is 10.1 Å². The fourth-order valence-corrected chi connectivity index (χ4v) is 4.07. The van der Waals surface area contributed by atoms with Gasteiger partial charge in [0.2, 0.25) is 5.72 Å². The van der Waals surface area contributed by atoms with Crippen molar-refractivity contribution in [1.29, 1.82) is 0 Å². The number of non-ortho nitro benzene ring substituents is 1. The van der Waals surface area contributed by atoms with E-state index in [2.05, 4.69) is 37.5 Å². The highest BCUT2D eigenvalue weighted by Crippen LogP contribution is 2.54. The summed E-state index contributed by atoms with van der Waals surface area (Å²) in [6, 6.07) is 13.0. The highest BCUT2D eigenvalue weighted by Gasteiger charge is 2.58. The summed E-state index contributed by atoms with van der Waals surface area (Å²) in [5, 5.41) is 11.0. The number of nitro benzene ring substituents is 1. The van der Waals surface area contributed by atoms with Gasteiger partial charge in [0, 0.05) is 29.9 Å². The first-order valence-electron chi connectivity index (χ1n) is 8.55. The largest absolute Gasteiger partial charge is 0.463 e. The lowest BCUT2D eigenvalue weighted by molar-refractivity contribution is -0.384. The van der Waals surface area contributed by atoms with Crippen LogP contribution in [0.25, 0.3) is 6.08 Å². The lowest BCUT2D eigenvalue weighted by Gasteiger charge is -2.46. The first kappa shape index (κ1) is 16.4. The Bertz CT molecular complexity index is 948. The predicted molar refractivity (Wildman–Crippen MR) is 103 cm³/mol. The minimum absolute atomic E-state index is 0.0601. The Morgan fingerprint density at radius 2 is 2.04 bits per heavy atom. The average molecular weight is 348 g/mol. The number of para-hydroxylation sites is 1. The molecule has 2 aliphatic rings.